The van der Waals surface area contributed by atoms with E-state index in [2.05, 4.69) is 62.7 Å². The third kappa shape index (κ3) is 4.18. The van der Waals surface area contributed by atoms with E-state index in [0.717, 1.165) is 25.2 Å². The van der Waals surface area contributed by atoms with E-state index in [9.17, 15) is 9.83 Å². The van der Waals surface area contributed by atoms with Crippen LogP contribution < -0.4 is 16.1 Å². The summed E-state index contributed by atoms with van der Waals surface area (Å²) in [7, 11) is -0.339. The Labute approximate surface area is 199 Å². The van der Waals surface area contributed by atoms with Gasteiger partial charge in [-0.1, -0.05) is 13.0 Å². The van der Waals surface area contributed by atoms with Crippen LogP contribution >= 0.6 is 7.14 Å². The van der Waals surface area contributed by atoms with Gasteiger partial charge < -0.3 is 20.1 Å². The summed E-state index contributed by atoms with van der Waals surface area (Å²) in [6.45, 7) is 7.74. The minimum atomic E-state index is -2.51. The Morgan fingerprint density at radius 3 is 2.74 bits per heavy atom. The number of hydrogen-bond acceptors (Lipinski definition) is 8. The topological polar surface area (TPSA) is 107 Å². The normalized spacial score (nSPS) is 19.4. The van der Waals surface area contributed by atoms with Crippen LogP contribution in [0.4, 0.5) is 23.3 Å². The number of hydrogen-bond donors (Lipinski definition) is 2. The molecule has 1 aliphatic carbocycles. The van der Waals surface area contributed by atoms with Gasteiger partial charge in [0.15, 0.2) is 5.82 Å². The predicted molar refractivity (Wildman–Crippen MR) is 135 cm³/mol. The number of aryl methyl sites for hydroxylation is 1. The first-order valence-corrected chi connectivity index (χ1v) is 13.9. The second-order valence-corrected chi connectivity index (χ2v) is 13.1. The summed E-state index contributed by atoms with van der Waals surface area (Å²) in [5.74, 6) is 1.22. The van der Waals surface area contributed by atoms with Crippen LogP contribution in [0.3, 0.4) is 0 Å². The molecule has 0 bridgehead atoms. The molecule has 0 unspecified atom stereocenters. The zero-order valence-electron chi connectivity index (χ0n) is 19.9. The number of nitrogens with one attached hydrogen (secondary N) is 2. The Hall–Kier alpha value is -3.27. The van der Waals surface area contributed by atoms with Crippen molar-refractivity contribution in [2.75, 3.05) is 37.6 Å². The maximum absolute atomic E-state index is 12.4. The SMILES string of the molecule is CN1Cc2cc(Nc3ncc(C#N)c(Nc4cccc(P(C)(C)=O)n4)n3)cc3c2[C@](C)(CC3)C1. The first-order valence-electron chi connectivity index (χ1n) is 11.3. The highest BCUT2D eigenvalue weighted by Gasteiger charge is 2.40. The molecule has 174 valence electrons. The molecule has 0 radical (unpaired) electrons. The minimum absolute atomic E-state index is 0.223. The van der Waals surface area contributed by atoms with Gasteiger partial charge in [0.05, 0.1) is 6.20 Å². The van der Waals surface area contributed by atoms with Crippen LogP contribution in [0.15, 0.2) is 36.5 Å². The first kappa shape index (κ1) is 22.5. The number of nitriles is 1. The van der Waals surface area contributed by atoms with Gasteiger partial charge in [0.1, 0.15) is 30.0 Å². The van der Waals surface area contributed by atoms with Crippen molar-refractivity contribution in [2.45, 2.75) is 31.7 Å². The lowest BCUT2D eigenvalue weighted by Crippen LogP contribution is -2.40. The number of nitrogens with zero attached hydrogens (tertiary/aromatic N) is 5. The summed E-state index contributed by atoms with van der Waals surface area (Å²) >= 11 is 0. The molecule has 1 aromatic carbocycles. The van der Waals surface area contributed by atoms with Crippen LogP contribution in [-0.4, -0.2) is 46.8 Å². The Kier molecular flexibility index (Phi) is 5.43. The van der Waals surface area contributed by atoms with Crippen molar-refractivity contribution < 1.29 is 4.57 Å². The zero-order valence-corrected chi connectivity index (χ0v) is 20.8. The van der Waals surface area contributed by atoms with Gasteiger partial charge in [-0.2, -0.15) is 10.2 Å². The number of likely N-dealkylation sites (N-methyl/N-ethyl adjacent to an activating group) is 1. The zero-order chi connectivity index (χ0) is 24.1. The summed E-state index contributed by atoms with van der Waals surface area (Å²) in [5.41, 5.74) is 6.25. The van der Waals surface area contributed by atoms with E-state index in [1.807, 2.05) is 0 Å². The fraction of sp³-hybridized carbons (Fsp3) is 0.360. The summed E-state index contributed by atoms with van der Waals surface area (Å²) in [5, 5.41) is 16.0. The molecule has 0 spiro atoms. The average Bonchev–Trinajstić information content (AvgIpc) is 3.10. The van der Waals surface area contributed by atoms with E-state index >= 15 is 0 Å². The highest BCUT2D eigenvalue weighted by atomic mass is 31.2. The van der Waals surface area contributed by atoms with E-state index in [4.69, 9.17) is 0 Å². The van der Waals surface area contributed by atoms with Gasteiger partial charge in [-0.3, -0.25) is 0 Å². The highest BCUT2D eigenvalue weighted by Crippen LogP contribution is 2.45. The van der Waals surface area contributed by atoms with E-state index in [-0.39, 0.29) is 5.41 Å². The standard InChI is InChI=1S/C25H28N7OP/c1-25-9-8-16-10-19(11-17(22(16)25)14-32(2)15-25)28-24-27-13-18(12-26)23(31-24)30-20-6-5-7-21(29-20)34(3,4)33/h5-7,10-11,13H,8-9,14-15H2,1-4H3,(H2,27,28,29,30,31)/t25-/m1/s1. The largest absolute Gasteiger partial charge is 0.324 e. The molecule has 3 heterocycles. The second kappa shape index (κ2) is 8.19. The first-order chi connectivity index (χ1) is 16.1. The number of pyridine rings is 1. The summed E-state index contributed by atoms with van der Waals surface area (Å²) in [6.07, 6.45) is 3.73. The fourth-order valence-electron chi connectivity index (χ4n) is 5.24. The fourth-order valence-corrected chi connectivity index (χ4v) is 6.03. The minimum Gasteiger partial charge on any atom is -0.324 e. The molecule has 5 rings (SSSR count). The monoisotopic (exact) mass is 473 g/mol. The van der Waals surface area contributed by atoms with Crippen molar-refractivity contribution >= 4 is 35.8 Å². The van der Waals surface area contributed by atoms with Gasteiger partial charge in [-0.05, 0) is 74.2 Å². The van der Waals surface area contributed by atoms with Crippen molar-refractivity contribution in [3.05, 3.63) is 58.8 Å². The van der Waals surface area contributed by atoms with Crippen LogP contribution in [0.1, 0.15) is 35.6 Å². The number of benzene rings is 1. The number of aromatic nitrogens is 3. The maximum Gasteiger partial charge on any atom is 0.229 e. The van der Waals surface area contributed by atoms with Crippen LogP contribution in [0, 0.1) is 11.3 Å². The third-order valence-electron chi connectivity index (χ3n) is 6.61. The molecule has 2 N–H and O–H groups in total. The average molecular weight is 474 g/mol. The lowest BCUT2D eigenvalue weighted by Gasteiger charge is -2.38. The molecule has 2 aliphatic rings. The van der Waals surface area contributed by atoms with Crippen LogP contribution in [0.2, 0.25) is 0 Å². The Bertz CT molecular complexity index is 1380. The van der Waals surface area contributed by atoms with Crippen molar-refractivity contribution in [1.29, 1.82) is 5.26 Å². The molecule has 8 nitrogen and oxygen atoms in total. The summed E-state index contributed by atoms with van der Waals surface area (Å²) in [6, 6.07) is 11.8. The van der Waals surface area contributed by atoms with Crippen LogP contribution in [-0.2, 0) is 22.9 Å². The quantitative estimate of drug-likeness (QED) is 0.533. The Morgan fingerprint density at radius 2 is 1.97 bits per heavy atom. The van der Waals surface area contributed by atoms with Crippen LogP contribution in [0.25, 0.3) is 0 Å². The summed E-state index contributed by atoms with van der Waals surface area (Å²) < 4.78 is 12.4. The molecule has 1 atom stereocenters. The molecule has 0 fully saturated rings. The smallest absolute Gasteiger partial charge is 0.229 e. The molecule has 0 amide bonds. The number of anilines is 4. The van der Waals surface area contributed by atoms with Crippen LogP contribution in [0.5, 0.6) is 0 Å². The van der Waals surface area contributed by atoms with E-state index < -0.39 is 7.14 Å². The highest BCUT2D eigenvalue weighted by molar-refractivity contribution is 7.69. The van der Waals surface area contributed by atoms with Gasteiger partial charge in [0, 0.05) is 24.2 Å². The molecule has 3 aromatic rings. The van der Waals surface area contributed by atoms with Gasteiger partial charge in [0.2, 0.25) is 5.95 Å². The van der Waals surface area contributed by atoms with Crippen molar-refractivity contribution in [1.82, 2.24) is 19.9 Å². The van der Waals surface area contributed by atoms with Gasteiger partial charge in [-0.25, -0.2) is 9.97 Å². The van der Waals surface area contributed by atoms with Gasteiger partial charge in [0.25, 0.3) is 0 Å². The third-order valence-corrected chi connectivity index (χ3v) is 7.96. The molecule has 2 aromatic heterocycles. The second-order valence-electron chi connectivity index (χ2n) is 9.95. The molecule has 0 saturated carbocycles. The predicted octanol–water partition coefficient (Wildman–Crippen LogP) is 4.13. The molecule has 34 heavy (non-hydrogen) atoms. The lowest BCUT2D eigenvalue weighted by atomic mass is 9.78. The Morgan fingerprint density at radius 1 is 1.18 bits per heavy atom. The van der Waals surface area contributed by atoms with E-state index in [1.165, 1.54) is 29.3 Å². The molecular weight excluding hydrogens is 445 g/mol. The summed E-state index contributed by atoms with van der Waals surface area (Å²) in [4.78, 5) is 15.7. The molecule has 0 saturated heterocycles. The molecule has 9 heteroatoms. The van der Waals surface area contributed by atoms with E-state index in [0.29, 0.717) is 28.6 Å². The van der Waals surface area contributed by atoms with Crippen molar-refractivity contribution in [3.8, 4) is 6.07 Å². The van der Waals surface area contributed by atoms with Crippen molar-refractivity contribution in [3.63, 3.8) is 0 Å². The van der Waals surface area contributed by atoms with Gasteiger partial charge in [-0.15, -0.1) is 0 Å². The van der Waals surface area contributed by atoms with Crippen molar-refractivity contribution in [2.24, 2.45) is 0 Å². The number of rotatable bonds is 5. The maximum atomic E-state index is 12.4. The lowest BCUT2D eigenvalue weighted by molar-refractivity contribution is 0.224. The van der Waals surface area contributed by atoms with E-state index in [1.54, 1.807) is 31.5 Å². The molecule has 1 aliphatic heterocycles. The Balaban J connectivity index is 1.45. The van der Waals surface area contributed by atoms with Gasteiger partial charge >= 0.3 is 0 Å². The molecular formula is C25H28N7OP.